The van der Waals surface area contributed by atoms with Gasteiger partial charge in [0, 0.05) is 16.6 Å². The van der Waals surface area contributed by atoms with E-state index in [1.54, 1.807) is 7.11 Å². The third-order valence-corrected chi connectivity index (χ3v) is 5.10. The lowest BCUT2D eigenvalue weighted by Gasteiger charge is -2.21. The van der Waals surface area contributed by atoms with Crippen molar-refractivity contribution >= 4 is 21.8 Å². The van der Waals surface area contributed by atoms with E-state index >= 15 is 0 Å². The summed E-state index contributed by atoms with van der Waals surface area (Å²) < 4.78 is 17.8. The van der Waals surface area contributed by atoms with Crippen molar-refractivity contribution in [2.75, 3.05) is 26.9 Å². The van der Waals surface area contributed by atoms with E-state index in [1.807, 2.05) is 58.0 Å². The van der Waals surface area contributed by atoms with Crippen LogP contribution in [0.3, 0.4) is 0 Å². The molecule has 31 heavy (non-hydrogen) atoms. The van der Waals surface area contributed by atoms with Crippen molar-refractivity contribution in [2.24, 2.45) is 0 Å². The van der Waals surface area contributed by atoms with E-state index in [0.29, 0.717) is 24.7 Å². The fourth-order valence-corrected chi connectivity index (χ4v) is 3.51. The number of benzene rings is 2. The first kappa shape index (κ1) is 25.0. The summed E-state index contributed by atoms with van der Waals surface area (Å²) in [5, 5.41) is 6.35. The maximum atomic E-state index is 12.1. The summed E-state index contributed by atoms with van der Waals surface area (Å²) in [6.07, 6.45) is 0.865. The molecule has 0 aromatic heterocycles. The van der Waals surface area contributed by atoms with Crippen LogP contribution in [0.25, 0.3) is 0 Å². The number of hydrogen-bond donors (Lipinski definition) is 2. The van der Waals surface area contributed by atoms with E-state index in [0.717, 1.165) is 28.8 Å². The second-order valence-corrected chi connectivity index (χ2v) is 9.00. The van der Waals surface area contributed by atoms with E-state index in [1.165, 1.54) is 5.56 Å². The molecule has 2 N–H and O–H groups in total. The van der Waals surface area contributed by atoms with Gasteiger partial charge in [0.1, 0.15) is 5.75 Å². The van der Waals surface area contributed by atoms with Crippen LogP contribution in [0.4, 0.5) is 0 Å². The molecule has 1 amide bonds. The van der Waals surface area contributed by atoms with Crippen molar-refractivity contribution in [3.05, 3.63) is 52.0 Å². The first-order valence-electron chi connectivity index (χ1n) is 10.4. The van der Waals surface area contributed by atoms with Crippen LogP contribution in [0.2, 0.25) is 0 Å². The second-order valence-electron chi connectivity index (χ2n) is 8.15. The Morgan fingerprint density at radius 2 is 1.74 bits per heavy atom. The van der Waals surface area contributed by atoms with Crippen molar-refractivity contribution in [1.82, 2.24) is 10.6 Å². The third kappa shape index (κ3) is 8.42. The molecule has 0 saturated heterocycles. The Kier molecular flexibility index (Phi) is 9.65. The van der Waals surface area contributed by atoms with Gasteiger partial charge in [-0.25, -0.2) is 0 Å². The summed E-state index contributed by atoms with van der Waals surface area (Å²) in [5.41, 5.74) is 1.92. The minimum Gasteiger partial charge on any atom is -0.496 e. The van der Waals surface area contributed by atoms with Gasteiger partial charge in [0.15, 0.2) is 18.1 Å². The molecule has 0 heterocycles. The van der Waals surface area contributed by atoms with Gasteiger partial charge in [0.25, 0.3) is 5.91 Å². The summed E-state index contributed by atoms with van der Waals surface area (Å²) in [5.74, 6) is 1.89. The fourth-order valence-electron chi connectivity index (χ4n) is 3.05. The molecule has 170 valence electrons. The molecule has 0 saturated carbocycles. The average molecular weight is 493 g/mol. The van der Waals surface area contributed by atoms with Crippen molar-refractivity contribution in [3.8, 4) is 17.2 Å². The number of carbonyl (C=O) groups is 1. The predicted molar refractivity (Wildman–Crippen MR) is 127 cm³/mol. The molecule has 0 fully saturated rings. The molecule has 0 unspecified atom stereocenters. The van der Waals surface area contributed by atoms with E-state index < -0.39 is 0 Å². The zero-order chi connectivity index (χ0) is 22.9. The highest BCUT2D eigenvalue weighted by molar-refractivity contribution is 9.10. The van der Waals surface area contributed by atoms with Crippen LogP contribution in [0, 0.1) is 0 Å². The van der Waals surface area contributed by atoms with Gasteiger partial charge in [0.05, 0.1) is 13.7 Å². The van der Waals surface area contributed by atoms with Gasteiger partial charge in [-0.2, -0.15) is 0 Å². The van der Waals surface area contributed by atoms with Gasteiger partial charge < -0.3 is 24.8 Å². The van der Waals surface area contributed by atoms with E-state index in [2.05, 4.69) is 32.6 Å². The van der Waals surface area contributed by atoms with Crippen LogP contribution in [0.15, 0.2) is 40.9 Å². The number of para-hydroxylation sites is 1. The molecule has 0 aliphatic rings. The number of amides is 1. The Hall–Kier alpha value is -2.25. The highest BCUT2D eigenvalue weighted by atomic mass is 79.9. The first-order valence-corrected chi connectivity index (χ1v) is 11.2. The van der Waals surface area contributed by atoms with Gasteiger partial charge in [0.2, 0.25) is 0 Å². The molecule has 0 radical (unpaired) electrons. The Bertz CT molecular complexity index is 865. The van der Waals surface area contributed by atoms with Crippen LogP contribution >= 0.6 is 15.9 Å². The molecule has 0 atom stereocenters. The summed E-state index contributed by atoms with van der Waals surface area (Å²) in [6.45, 7) is 9.63. The fraction of sp³-hybridized carbons (Fsp3) is 0.458. The Balaban J connectivity index is 1.98. The van der Waals surface area contributed by atoms with E-state index in [-0.39, 0.29) is 18.1 Å². The Morgan fingerprint density at radius 3 is 2.42 bits per heavy atom. The number of halogens is 1. The summed E-state index contributed by atoms with van der Waals surface area (Å²) in [7, 11) is 1.69. The van der Waals surface area contributed by atoms with Crippen LogP contribution in [0.5, 0.6) is 17.2 Å². The minimum atomic E-state index is -0.303. The SMILES string of the molecule is CCOc1cc(CNCCc2ccccc2OC)c(Br)cc1OCC(=O)NC(C)(C)C. The smallest absolute Gasteiger partial charge is 0.258 e. The van der Waals surface area contributed by atoms with Crippen molar-refractivity contribution in [2.45, 2.75) is 46.2 Å². The summed E-state index contributed by atoms with van der Waals surface area (Å²) in [6, 6.07) is 11.8. The number of rotatable bonds is 11. The standard InChI is InChI=1S/C24H33BrN2O4/c1-6-30-21-13-18(15-26-12-11-17-9-7-8-10-20(17)29-5)19(25)14-22(21)31-16-23(28)27-24(2,3)4/h7-10,13-14,26H,6,11-12,15-16H2,1-5H3,(H,27,28). The average Bonchev–Trinajstić information content (AvgIpc) is 2.71. The van der Waals surface area contributed by atoms with Gasteiger partial charge in [-0.1, -0.05) is 34.1 Å². The molecular formula is C24H33BrN2O4. The molecule has 7 heteroatoms. The maximum absolute atomic E-state index is 12.1. The highest BCUT2D eigenvalue weighted by Gasteiger charge is 2.16. The molecule has 0 aliphatic carbocycles. The van der Waals surface area contributed by atoms with Crippen molar-refractivity contribution in [1.29, 1.82) is 0 Å². The van der Waals surface area contributed by atoms with Crippen LogP contribution < -0.4 is 24.8 Å². The normalized spacial score (nSPS) is 11.2. The van der Waals surface area contributed by atoms with Gasteiger partial charge >= 0.3 is 0 Å². The maximum Gasteiger partial charge on any atom is 0.258 e. The summed E-state index contributed by atoms with van der Waals surface area (Å²) in [4.78, 5) is 12.1. The predicted octanol–water partition coefficient (Wildman–Crippen LogP) is 4.48. The lowest BCUT2D eigenvalue weighted by Crippen LogP contribution is -2.43. The van der Waals surface area contributed by atoms with Crippen LogP contribution in [0.1, 0.15) is 38.8 Å². The largest absolute Gasteiger partial charge is 0.496 e. The quantitative estimate of drug-likeness (QED) is 0.452. The van der Waals surface area contributed by atoms with Gasteiger partial charge in [-0.15, -0.1) is 0 Å². The molecule has 2 aromatic carbocycles. The van der Waals surface area contributed by atoms with E-state index in [4.69, 9.17) is 14.2 Å². The second kappa shape index (κ2) is 12.0. The molecule has 0 aliphatic heterocycles. The van der Waals surface area contributed by atoms with Crippen LogP contribution in [-0.4, -0.2) is 38.3 Å². The number of hydrogen-bond acceptors (Lipinski definition) is 5. The number of nitrogens with one attached hydrogen (secondary N) is 2. The monoisotopic (exact) mass is 492 g/mol. The number of ether oxygens (including phenoxy) is 3. The zero-order valence-electron chi connectivity index (χ0n) is 19.0. The number of methoxy groups -OCH3 is 1. The molecule has 2 aromatic rings. The lowest BCUT2D eigenvalue weighted by atomic mass is 10.1. The lowest BCUT2D eigenvalue weighted by molar-refractivity contribution is -0.124. The molecule has 0 spiro atoms. The van der Waals surface area contributed by atoms with Gasteiger partial charge in [-0.05, 0) is 70.0 Å². The summed E-state index contributed by atoms with van der Waals surface area (Å²) >= 11 is 3.61. The first-order chi connectivity index (χ1) is 14.7. The molecular weight excluding hydrogens is 460 g/mol. The molecule has 0 bridgehead atoms. The molecule has 6 nitrogen and oxygen atoms in total. The van der Waals surface area contributed by atoms with Crippen molar-refractivity contribution < 1.29 is 19.0 Å². The van der Waals surface area contributed by atoms with Crippen molar-refractivity contribution in [3.63, 3.8) is 0 Å². The van der Waals surface area contributed by atoms with E-state index in [9.17, 15) is 4.79 Å². The Morgan fingerprint density at radius 1 is 1.03 bits per heavy atom. The topological polar surface area (TPSA) is 68.8 Å². The highest BCUT2D eigenvalue weighted by Crippen LogP contribution is 2.34. The van der Waals surface area contributed by atoms with Crippen LogP contribution in [-0.2, 0) is 17.8 Å². The molecule has 2 rings (SSSR count). The van der Waals surface area contributed by atoms with Gasteiger partial charge in [-0.3, -0.25) is 4.79 Å². The third-order valence-electron chi connectivity index (χ3n) is 4.36. The zero-order valence-corrected chi connectivity index (χ0v) is 20.6. The minimum absolute atomic E-state index is 0.0692. The number of carbonyl (C=O) groups excluding carboxylic acids is 1. The Labute approximate surface area is 193 Å².